The molecule has 0 bridgehead atoms. The molecule has 6 heteroatoms. The molecule has 0 aromatic heterocycles. The highest BCUT2D eigenvalue weighted by Gasteiger charge is 2.42. The van der Waals surface area contributed by atoms with E-state index in [1.165, 1.54) is 11.8 Å². The van der Waals surface area contributed by atoms with Crippen LogP contribution in [0.15, 0.2) is 0 Å². The van der Waals surface area contributed by atoms with E-state index < -0.39 is 11.5 Å². The molecule has 0 unspecified atom stereocenters. The molecule has 1 fully saturated rings. The summed E-state index contributed by atoms with van der Waals surface area (Å²) in [5.41, 5.74) is -1.10. The topological polar surface area (TPSA) is 90.2 Å². The summed E-state index contributed by atoms with van der Waals surface area (Å²) in [5, 5.41) is 20.3. The van der Waals surface area contributed by atoms with Crippen molar-refractivity contribution in [3.8, 4) is 6.07 Å². The van der Waals surface area contributed by atoms with Crippen molar-refractivity contribution in [3.63, 3.8) is 0 Å². The van der Waals surface area contributed by atoms with E-state index in [1.54, 1.807) is 0 Å². The third kappa shape index (κ3) is 3.91. The summed E-state index contributed by atoms with van der Waals surface area (Å²) in [4.78, 5) is 23.0. The molecule has 100 valence electrons. The van der Waals surface area contributed by atoms with Gasteiger partial charge in [0.05, 0.1) is 17.6 Å². The van der Waals surface area contributed by atoms with E-state index in [2.05, 4.69) is 12.2 Å². The summed E-state index contributed by atoms with van der Waals surface area (Å²) in [5.74, 6) is -0.356. The number of carbonyl (C=O) groups is 2. The molecule has 2 N–H and O–H groups in total. The highest BCUT2D eigenvalue weighted by molar-refractivity contribution is 8.00. The number of carboxylic acid groups (broad SMARTS) is 1. The lowest BCUT2D eigenvalue weighted by atomic mass is 9.77. The van der Waals surface area contributed by atoms with Crippen molar-refractivity contribution in [2.45, 2.75) is 38.1 Å². The van der Waals surface area contributed by atoms with Gasteiger partial charge in [-0.2, -0.15) is 5.26 Å². The monoisotopic (exact) mass is 270 g/mol. The van der Waals surface area contributed by atoms with E-state index in [4.69, 9.17) is 5.26 Å². The summed E-state index contributed by atoms with van der Waals surface area (Å²) in [6.45, 7) is 2.09. The highest BCUT2D eigenvalue weighted by Crippen LogP contribution is 2.32. The Bertz CT molecular complexity index is 357. The Balaban J connectivity index is 2.56. The minimum Gasteiger partial charge on any atom is -0.480 e. The summed E-state index contributed by atoms with van der Waals surface area (Å²) < 4.78 is 0. The second-order valence-electron chi connectivity index (χ2n) is 4.77. The molecule has 1 saturated carbocycles. The van der Waals surface area contributed by atoms with Gasteiger partial charge in [-0.05, 0) is 31.6 Å². The molecule has 1 aliphatic rings. The zero-order valence-electron chi connectivity index (χ0n) is 10.4. The molecule has 0 spiro atoms. The summed E-state index contributed by atoms with van der Waals surface area (Å²) in [6.07, 6.45) is 2.60. The van der Waals surface area contributed by atoms with Crippen LogP contribution in [-0.4, -0.2) is 34.0 Å². The van der Waals surface area contributed by atoms with Crippen LogP contribution in [0.25, 0.3) is 0 Å². The number of thioether (sulfide) groups is 1. The van der Waals surface area contributed by atoms with Gasteiger partial charge in [-0.25, -0.2) is 4.79 Å². The number of hydrogen-bond acceptors (Lipinski definition) is 4. The van der Waals surface area contributed by atoms with Crippen LogP contribution in [-0.2, 0) is 9.59 Å². The number of hydrogen-bond donors (Lipinski definition) is 2. The van der Waals surface area contributed by atoms with Gasteiger partial charge in [0, 0.05) is 0 Å². The molecule has 0 heterocycles. The van der Waals surface area contributed by atoms with Crippen LogP contribution in [0, 0.1) is 17.2 Å². The standard InChI is InChI=1S/C12H18N2O3S/c1-9-2-4-12(5-3-9,11(16)17)14-10(15)8-18-7-6-13/h9H,2-5,7-8H2,1H3,(H,14,15)(H,16,17). The second-order valence-corrected chi connectivity index (χ2v) is 5.75. The first-order valence-electron chi connectivity index (χ1n) is 5.99. The summed E-state index contributed by atoms with van der Waals surface area (Å²) in [7, 11) is 0. The van der Waals surface area contributed by atoms with Crippen LogP contribution in [0.3, 0.4) is 0 Å². The molecule has 5 nitrogen and oxygen atoms in total. The normalized spacial score (nSPS) is 27.2. The molecule has 1 amide bonds. The number of nitriles is 1. The van der Waals surface area contributed by atoms with Crippen LogP contribution in [0.2, 0.25) is 0 Å². The number of carboxylic acids is 1. The van der Waals surface area contributed by atoms with E-state index in [1.807, 2.05) is 6.07 Å². The number of rotatable bonds is 5. The minimum atomic E-state index is -1.10. The van der Waals surface area contributed by atoms with Crippen molar-refractivity contribution in [1.29, 1.82) is 5.26 Å². The molecule has 0 saturated heterocycles. The first kappa shape index (κ1) is 14.8. The third-order valence-corrected chi connectivity index (χ3v) is 4.12. The molecule has 18 heavy (non-hydrogen) atoms. The van der Waals surface area contributed by atoms with Crippen LogP contribution in [0.1, 0.15) is 32.6 Å². The number of carbonyl (C=O) groups excluding carboxylic acids is 1. The third-order valence-electron chi connectivity index (χ3n) is 3.32. The summed E-state index contributed by atoms with van der Waals surface area (Å²) in [6, 6.07) is 1.93. The van der Waals surface area contributed by atoms with E-state index in [9.17, 15) is 14.7 Å². The van der Waals surface area contributed by atoms with Gasteiger partial charge in [0.15, 0.2) is 0 Å². The number of nitrogens with zero attached hydrogens (tertiary/aromatic N) is 1. The van der Waals surface area contributed by atoms with Crippen LogP contribution in [0.5, 0.6) is 0 Å². The van der Waals surface area contributed by atoms with Gasteiger partial charge in [-0.3, -0.25) is 4.79 Å². The van der Waals surface area contributed by atoms with Crippen molar-refractivity contribution in [1.82, 2.24) is 5.32 Å². The molecular formula is C12H18N2O3S. The number of nitrogens with one attached hydrogen (secondary N) is 1. The Morgan fingerprint density at radius 2 is 2.11 bits per heavy atom. The lowest BCUT2D eigenvalue weighted by molar-refractivity contribution is -0.149. The average molecular weight is 270 g/mol. The zero-order chi connectivity index (χ0) is 13.6. The minimum absolute atomic E-state index is 0.137. The van der Waals surface area contributed by atoms with E-state index in [-0.39, 0.29) is 17.4 Å². The van der Waals surface area contributed by atoms with E-state index >= 15 is 0 Å². The molecule has 0 radical (unpaired) electrons. The maximum absolute atomic E-state index is 11.7. The quantitative estimate of drug-likeness (QED) is 0.737. The largest absolute Gasteiger partial charge is 0.480 e. The van der Waals surface area contributed by atoms with Crippen molar-refractivity contribution in [3.05, 3.63) is 0 Å². The Labute approximate surface area is 111 Å². The first-order valence-corrected chi connectivity index (χ1v) is 7.15. The molecule has 1 rings (SSSR count). The fourth-order valence-electron chi connectivity index (χ4n) is 2.14. The van der Waals surface area contributed by atoms with E-state index in [0.29, 0.717) is 18.8 Å². The predicted octanol–water partition coefficient (Wildman–Crippen LogP) is 1.39. The lowest BCUT2D eigenvalue weighted by Crippen LogP contribution is -2.56. The second kappa shape index (κ2) is 6.64. The SMILES string of the molecule is CC1CCC(NC(=O)CSCC#N)(C(=O)O)CC1. The number of amides is 1. The molecule has 0 aliphatic heterocycles. The maximum atomic E-state index is 11.7. The van der Waals surface area contributed by atoms with Gasteiger partial charge in [0.2, 0.25) is 5.91 Å². The van der Waals surface area contributed by atoms with Gasteiger partial charge in [0.25, 0.3) is 0 Å². The van der Waals surface area contributed by atoms with Crippen LogP contribution < -0.4 is 5.32 Å². The first-order chi connectivity index (χ1) is 8.50. The van der Waals surface area contributed by atoms with Crippen molar-refractivity contribution in [2.24, 2.45) is 5.92 Å². The Kier molecular flexibility index (Phi) is 5.48. The Morgan fingerprint density at radius 1 is 1.50 bits per heavy atom. The predicted molar refractivity (Wildman–Crippen MR) is 69.1 cm³/mol. The van der Waals surface area contributed by atoms with Gasteiger partial charge in [-0.15, -0.1) is 11.8 Å². The molecular weight excluding hydrogens is 252 g/mol. The number of aliphatic carboxylic acids is 1. The lowest BCUT2D eigenvalue weighted by Gasteiger charge is -2.36. The smallest absolute Gasteiger partial charge is 0.329 e. The van der Waals surface area contributed by atoms with Crippen molar-refractivity contribution in [2.75, 3.05) is 11.5 Å². The molecule has 0 atom stereocenters. The van der Waals surface area contributed by atoms with Gasteiger partial charge in [0.1, 0.15) is 5.54 Å². The zero-order valence-corrected chi connectivity index (χ0v) is 11.3. The van der Waals surface area contributed by atoms with Crippen LogP contribution >= 0.6 is 11.8 Å². The van der Waals surface area contributed by atoms with E-state index in [0.717, 1.165) is 12.8 Å². The highest BCUT2D eigenvalue weighted by atomic mass is 32.2. The average Bonchev–Trinajstić information content (AvgIpc) is 2.32. The Morgan fingerprint density at radius 3 is 2.61 bits per heavy atom. The van der Waals surface area contributed by atoms with Gasteiger partial charge in [-0.1, -0.05) is 6.92 Å². The van der Waals surface area contributed by atoms with Gasteiger partial charge < -0.3 is 10.4 Å². The fraction of sp³-hybridized carbons (Fsp3) is 0.750. The van der Waals surface area contributed by atoms with Crippen molar-refractivity contribution >= 4 is 23.6 Å². The van der Waals surface area contributed by atoms with Crippen LogP contribution in [0.4, 0.5) is 0 Å². The molecule has 1 aliphatic carbocycles. The fourth-order valence-corrected chi connectivity index (χ4v) is 2.59. The van der Waals surface area contributed by atoms with Gasteiger partial charge >= 0.3 is 5.97 Å². The molecule has 0 aromatic carbocycles. The summed E-state index contributed by atoms with van der Waals surface area (Å²) >= 11 is 1.19. The van der Waals surface area contributed by atoms with Crippen molar-refractivity contribution < 1.29 is 14.7 Å². The molecule has 0 aromatic rings. The Hall–Kier alpha value is -1.22. The maximum Gasteiger partial charge on any atom is 0.329 e.